The van der Waals surface area contributed by atoms with E-state index in [1.165, 1.54) is 11.7 Å². The average Bonchev–Trinajstić information content (AvgIpc) is 2.87. The standard InChI is InChI=1S/C26H23N3O4S/c1-3-17-12-14-18(15-13-17)29-24(31)19-8-4-6-10-21(19)28-26(29)34-16-23(30)27-22-11-7-5-9-20(22)25(32)33-2/h4-15H,3,16H2,1-2H3,(H,27,30). The third-order valence-electron chi connectivity index (χ3n) is 5.29. The fraction of sp³-hybridized carbons (Fsp3) is 0.154. The van der Waals surface area contributed by atoms with Crippen LogP contribution < -0.4 is 10.9 Å². The molecule has 7 nitrogen and oxygen atoms in total. The van der Waals surface area contributed by atoms with Crippen LogP contribution in [-0.2, 0) is 16.0 Å². The summed E-state index contributed by atoms with van der Waals surface area (Å²) in [5, 5.41) is 3.66. The predicted octanol–water partition coefficient (Wildman–Crippen LogP) is 4.47. The molecule has 0 fully saturated rings. The molecule has 8 heteroatoms. The Balaban J connectivity index is 1.65. The molecule has 0 aliphatic rings. The summed E-state index contributed by atoms with van der Waals surface area (Å²) in [7, 11) is 1.29. The van der Waals surface area contributed by atoms with Crippen LogP contribution >= 0.6 is 11.8 Å². The second-order valence-electron chi connectivity index (χ2n) is 7.45. The maximum atomic E-state index is 13.4. The Hall–Kier alpha value is -3.91. The van der Waals surface area contributed by atoms with Crippen molar-refractivity contribution in [2.75, 3.05) is 18.2 Å². The van der Waals surface area contributed by atoms with Crippen molar-refractivity contribution in [3.05, 3.63) is 94.3 Å². The number of nitrogens with zero attached hydrogens (tertiary/aromatic N) is 2. The number of rotatable bonds is 7. The lowest BCUT2D eigenvalue weighted by Crippen LogP contribution is -2.23. The third-order valence-corrected chi connectivity index (χ3v) is 6.23. The van der Waals surface area contributed by atoms with Crippen LogP contribution in [0.5, 0.6) is 0 Å². The normalized spacial score (nSPS) is 10.8. The number of carbonyl (C=O) groups excluding carboxylic acids is 2. The molecule has 1 aromatic heterocycles. The average molecular weight is 474 g/mol. The number of esters is 1. The molecule has 0 unspecified atom stereocenters. The molecule has 0 aliphatic heterocycles. The first-order chi connectivity index (χ1) is 16.5. The van der Waals surface area contributed by atoms with E-state index < -0.39 is 5.97 Å². The van der Waals surface area contributed by atoms with Crippen LogP contribution in [0.3, 0.4) is 0 Å². The number of hydrogen-bond acceptors (Lipinski definition) is 6. The number of thioether (sulfide) groups is 1. The Morgan fingerprint density at radius 1 is 1.00 bits per heavy atom. The highest BCUT2D eigenvalue weighted by Crippen LogP contribution is 2.23. The zero-order valence-corrected chi connectivity index (χ0v) is 19.6. The molecule has 4 rings (SSSR count). The van der Waals surface area contributed by atoms with E-state index in [2.05, 4.69) is 17.2 Å². The second kappa shape index (κ2) is 10.4. The molecule has 0 spiro atoms. The number of aromatic nitrogens is 2. The van der Waals surface area contributed by atoms with Crippen molar-refractivity contribution in [3.63, 3.8) is 0 Å². The summed E-state index contributed by atoms with van der Waals surface area (Å²) in [4.78, 5) is 42.7. The molecule has 0 atom stereocenters. The molecular weight excluding hydrogens is 450 g/mol. The largest absolute Gasteiger partial charge is 0.465 e. The molecule has 172 valence electrons. The smallest absolute Gasteiger partial charge is 0.339 e. The molecule has 0 aliphatic carbocycles. The number of anilines is 1. The van der Waals surface area contributed by atoms with Crippen molar-refractivity contribution in [1.29, 1.82) is 0 Å². The van der Waals surface area contributed by atoms with Gasteiger partial charge in [0.1, 0.15) is 0 Å². The molecule has 1 N–H and O–H groups in total. The van der Waals surface area contributed by atoms with Crippen molar-refractivity contribution in [1.82, 2.24) is 9.55 Å². The second-order valence-corrected chi connectivity index (χ2v) is 8.39. The summed E-state index contributed by atoms with van der Waals surface area (Å²) < 4.78 is 6.31. The number of amides is 1. The Bertz CT molecular complexity index is 1410. The zero-order valence-electron chi connectivity index (χ0n) is 18.8. The molecule has 0 radical (unpaired) electrons. The van der Waals surface area contributed by atoms with E-state index in [9.17, 15) is 14.4 Å². The fourth-order valence-electron chi connectivity index (χ4n) is 3.51. The van der Waals surface area contributed by atoms with Crippen LogP contribution in [0.2, 0.25) is 0 Å². The van der Waals surface area contributed by atoms with Gasteiger partial charge in [-0.2, -0.15) is 0 Å². The molecule has 3 aromatic carbocycles. The molecule has 1 heterocycles. The maximum Gasteiger partial charge on any atom is 0.339 e. The van der Waals surface area contributed by atoms with Gasteiger partial charge in [0.25, 0.3) is 5.56 Å². The van der Waals surface area contributed by atoms with Crippen molar-refractivity contribution >= 4 is 40.2 Å². The van der Waals surface area contributed by atoms with Crippen molar-refractivity contribution in [2.45, 2.75) is 18.5 Å². The van der Waals surface area contributed by atoms with Gasteiger partial charge in [-0.15, -0.1) is 0 Å². The van der Waals surface area contributed by atoms with E-state index in [4.69, 9.17) is 4.74 Å². The Morgan fingerprint density at radius 2 is 1.71 bits per heavy atom. The van der Waals surface area contributed by atoms with Gasteiger partial charge in [-0.1, -0.05) is 55.1 Å². The monoisotopic (exact) mass is 473 g/mol. The molecule has 34 heavy (non-hydrogen) atoms. The number of aryl methyl sites for hydroxylation is 1. The van der Waals surface area contributed by atoms with E-state index in [0.717, 1.165) is 23.7 Å². The van der Waals surface area contributed by atoms with Gasteiger partial charge >= 0.3 is 5.97 Å². The maximum absolute atomic E-state index is 13.4. The minimum absolute atomic E-state index is 0.00662. The first-order valence-corrected chi connectivity index (χ1v) is 11.7. The molecule has 0 saturated heterocycles. The topological polar surface area (TPSA) is 90.3 Å². The van der Waals surface area contributed by atoms with Gasteiger partial charge in [0.2, 0.25) is 5.91 Å². The van der Waals surface area contributed by atoms with Gasteiger partial charge in [-0.25, -0.2) is 9.78 Å². The SMILES string of the molecule is CCc1ccc(-n2c(SCC(=O)Nc3ccccc3C(=O)OC)nc3ccccc3c2=O)cc1. The lowest BCUT2D eigenvalue weighted by molar-refractivity contribution is -0.113. The number of nitrogens with one attached hydrogen (secondary N) is 1. The first kappa shape index (κ1) is 23.3. The molecular formula is C26H23N3O4S. The number of para-hydroxylation sites is 2. The van der Waals surface area contributed by atoms with Gasteiger partial charge in [0, 0.05) is 0 Å². The third kappa shape index (κ3) is 4.87. The molecule has 4 aromatic rings. The number of hydrogen-bond donors (Lipinski definition) is 1. The number of ether oxygens (including phenoxy) is 1. The highest BCUT2D eigenvalue weighted by Gasteiger charge is 2.17. The summed E-state index contributed by atoms with van der Waals surface area (Å²) in [5.41, 5.74) is 2.82. The van der Waals surface area contributed by atoms with Gasteiger partial charge in [0.15, 0.2) is 5.16 Å². The minimum atomic E-state index is -0.538. The summed E-state index contributed by atoms with van der Waals surface area (Å²) in [5.74, 6) is -0.881. The minimum Gasteiger partial charge on any atom is -0.465 e. The van der Waals surface area contributed by atoms with Gasteiger partial charge in [0.05, 0.1) is 40.7 Å². The highest BCUT2D eigenvalue weighted by molar-refractivity contribution is 7.99. The van der Waals surface area contributed by atoms with E-state index in [1.807, 2.05) is 30.3 Å². The molecule has 1 amide bonds. The molecule has 0 bridgehead atoms. The number of fused-ring (bicyclic) bond motifs is 1. The van der Waals surface area contributed by atoms with Gasteiger partial charge in [-0.05, 0) is 48.4 Å². The zero-order chi connectivity index (χ0) is 24.1. The number of benzene rings is 3. The highest BCUT2D eigenvalue weighted by atomic mass is 32.2. The summed E-state index contributed by atoms with van der Waals surface area (Å²) >= 11 is 1.15. The summed E-state index contributed by atoms with van der Waals surface area (Å²) in [6, 6.07) is 21.5. The van der Waals surface area contributed by atoms with E-state index in [1.54, 1.807) is 42.5 Å². The quantitative estimate of drug-likeness (QED) is 0.242. The molecule has 0 saturated carbocycles. The van der Waals surface area contributed by atoms with Gasteiger partial charge in [-0.3, -0.25) is 14.2 Å². The Kier molecular flexibility index (Phi) is 7.08. The van der Waals surface area contributed by atoms with Crippen molar-refractivity contribution < 1.29 is 14.3 Å². The van der Waals surface area contributed by atoms with Crippen LogP contribution in [0.1, 0.15) is 22.8 Å². The summed E-state index contributed by atoms with van der Waals surface area (Å²) in [6.07, 6.45) is 0.889. The lowest BCUT2D eigenvalue weighted by atomic mass is 10.1. The van der Waals surface area contributed by atoms with E-state index in [-0.39, 0.29) is 22.8 Å². The lowest BCUT2D eigenvalue weighted by Gasteiger charge is -2.14. The first-order valence-electron chi connectivity index (χ1n) is 10.7. The Morgan fingerprint density at radius 3 is 2.44 bits per heavy atom. The van der Waals surface area contributed by atoms with Crippen LogP contribution in [0, 0.1) is 0 Å². The number of methoxy groups -OCH3 is 1. The van der Waals surface area contributed by atoms with Crippen LogP contribution in [0.15, 0.2) is 82.7 Å². The fourth-order valence-corrected chi connectivity index (χ4v) is 4.33. The van der Waals surface area contributed by atoms with Crippen LogP contribution in [0.25, 0.3) is 16.6 Å². The number of carbonyl (C=O) groups is 2. The summed E-state index contributed by atoms with van der Waals surface area (Å²) in [6.45, 7) is 2.07. The van der Waals surface area contributed by atoms with Crippen LogP contribution in [-0.4, -0.2) is 34.3 Å². The van der Waals surface area contributed by atoms with Crippen LogP contribution in [0.4, 0.5) is 5.69 Å². The van der Waals surface area contributed by atoms with Crippen molar-refractivity contribution in [3.8, 4) is 5.69 Å². The predicted molar refractivity (Wildman–Crippen MR) is 134 cm³/mol. The van der Waals surface area contributed by atoms with E-state index in [0.29, 0.717) is 27.4 Å². The van der Waals surface area contributed by atoms with Gasteiger partial charge < -0.3 is 10.1 Å². The van der Waals surface area contributed by atoms with E-state index >= 15 is 0 Å². The Labute approximate surface area is 200 Å². The van der Waals surface area contributed by atoms with Crippen molar-refractivity contribution in [2.24, 2.45) is 0 Å².